The van der Waals surface area contributed by atoms with Crippen LogP contribution in [0.4, 0.5) is 0 Å². The van der Waals surface area contributed by atoms with E-state index in [9.17, 15) is 9.59 Å². The third-order valence-corrected chi connectivity index (χ3v) is 3.77. The van der Waals surface area contributed by atoms with E-state index >= 15 is 0 Å². The summed E-state index contributed by atoms with van der Waals surface area (Å²) in [7, 11) is 0. The molecule has 0 aromatic rings. The minimum absolute atomic E-state index is 0.0399. The van der Waals surface area contributed by atoms with Gasteiger partial charge < -0.3 is 9.84 Å². The second-order valence-electron chi connectivity index (χ2n) is 4.26. The lowest BCUT2D eigenvalue weighted by Gasteiger charge is -2.19. The zero-order valence-electron chi connectivity index (χ0n) is 6.97. The zero-order valence-corrected chi connectivity index (χ0v) is 6.97. The topological polar surface area (TPSA) is 63.6 Å². The Balaban J connectivity index is 2.01. The average molecular weight is 182 g/mol. The molecule has 2 bridgehead atoms. The molecule has 0 spiro atoms. The first kappa shape index (κ1) is 7.35. The van der Waals surface area contributed by atoms with E-state index in [1.165, 1.54) is 0 Å². The summed E-state index contributed by atoms with van der Waals surface area (Å²) < 4.78 is 5.12. The van der Waals surface area contributed by atoms with Crippen LogP contribution in [0.3, 0.4) is 0 Å². The molecule has 3 aliphatic rings. The maximum Gasteiger partial charge on any atom is 0.310 e. The van der Waals surface area contributed by atoms with Gasteiger partial charge in [-0.2, -0.15) is 0 Å². The molecular weight excluding hydrogens is 172 g/mol. The molecule has 0 aromatic heterocycles. The largest absolute Gasteiger partial charge is 0.481 e. The molecule has 4 heteroatoms. The van der Waals surface area contributed by atoms with Crippen molar-refractivity contribution >= 4 is 11.9 Å². The molecule has 1 aliphatic heterocycles. The number of carboxylic acids is 1. The minimum atomic E-state index is -0.824. The molecule has 5 atom stereocenters. The number of carbonyl (C=O) groups is 2. The fraction of sp³-hybridized carbons (Fsp3) is 0.778. The molecule has 0 unspecified atom stereocenters. The molecule has 3 fully saturated rings. The Morgan fingerprint density at radius 3 is 2.92 bits per heavy atom. The first-order valence-corrected chi connectivity index (χ1v) is 4.62. The highest BCUT2D eigenvalue weighted by atomic mass is 16.6. The van der Waals surface area contributed by atoms with Gasteiger partial charge in [0, 0.05) is 5.92 Å². The molecule has 3 rings (SSSR count). The van der Waals surface area contributed by atoms with Crippen molar-refractivity contribution in [3.63, 3.8) is 0 Å². The van der Waals surface area contributed by atoms with E-state index in [1.807, 2.05) is 0 Å². The molecule has 2 saturated carbocycles. The maximum atomic E-state index is 11.3. The van der Waals surface area contributed by atoms with Crippen molar-refractivity contribution in [1.82, 2.24) is 0 Å². The van der Waals surface area contributed by atoms with Gasteiger partial charge in [0.2, 0.25) is 0 Å². The number of ether oxygens (including phenoxy) is 1. The lowest BCUT2D eigenvalue weighted by Crippen LogP contribution is -2.31. The molecule has 1 heterocycles. The predicted molar refractivity (Wildman–Crippen MR) is 40.7 cm³/mol. The Labute approximate surface area is 74.9 Å². The Bertz CT molecular complexity index is 296. The molecule has 1 N–H and O–H groups in total. The van der Waals surface area contributed by atoms with Crippen LogP contribution in [-0.2, 0) is 14.3 Å². The third kappa shape index (κ3) is 0.716. The van der Waals surface area contributed by atoms with Crippen molar-refractivity contribution in [2.75, 3.05) is 0 Å². The van der Waals surface area contributed by atoms with Crippen LogP contribution in [0.25, 0.3) is 0 Å². The third-order valence-electron chi connectivity index (χ3n) is 3.77. The highest BCUT2D eigenvalue weighted by molar-refractivity contribution is 5.84. The van der Waals surface area contributed by atoms with E-state index < -0.39 is 11.9 Å². The van der Waals surface area contributed by atoms with Gasteiger partial charge >= 0.3 is 11.9 Å². The smallest absolute Gasteiger partial charge is 0.310 e. The SMILES string of the molecule is O=C(O)[C@@H]1[C@@H]2C[C@H]3[C@@H]1C(=O)O[C@H]3C2. The summed E-state index contributed by atoms with van der Waals surface area (Å²) in [4.78, 5) is 22.2. The molecule has 2 aliphatic carbocycles. The van der Waals surface area contributed by atoms with Crippen LogP contribution < -0.4 is 0 Å². The summed E-state index contributed by atoms with van der Waals surface area (Å²) >= 11 is 0. The summed E-state index contributed by atoms with van der Waals surface area (Å²) in [6.45, 7) is 0. The number of carboxylic acid groups (broad SMARTS) is 1. The van der Waals surface area contributed by atoms with Crippen LogP contribution in [0.5, 0.6) is 0 Å². The molecule has 1 saturated heterocycles. The van der Waals surface area contributed by atoms with Crippen molar-refractivity contribution in [3.8, 4) is 0 Å². The van der Waals surface area contributed by atoms with Crippen LogP contribution in [-0.4, -0.2) is 23.1 Å². The Hall–Kier alpha value is -1.06. The standard InChI is InChI=1S/C9H10O4/c10-8(11)6-3-1-4-5(2-3)13-9(12)7(4)6/h3-7H,1-2H2,(H,10,11)/t3-,4-,5+,6-,7+/m1/s1. The summed E-state index contributed by atoms with van der Waals surface area (Å²) in [5, 5.41) is 8.97. The van der Waals surface area contributed by atoms with Gasteiger partial charge in [0.1, 0.15) is 6.10 Å². The van der Waals surface area contributed by atoms with Gasteiger partial charge in [0.05, 0.1) is 11.8 Å². The van der Waals surface area contributed by atoms with E-state index in [0.29, 0.717) is 0 Å². The van der Waals surface area contributed by atoms with Crippen molar-refractivity contribution in [1.29, 1.82) is 0 Å². The minimum Gasteiger partial charge on any atom is -0.481 e. The number of esters is 1. The van der Waals surface area contributed by atoms with E-state index in [-0.39, 0.29) is 29.8 Å². The molecular formula is C9H10O4. The average Bonchev–Trinajstić information content (AvgIpc) is 2.60. The number of hydrogen-bond acceptors (Lipinski definition) is 3. The van der Waals surface area contributed by atoms with E-state index in [1.54, 1.807) is 0 Å². The molecule has 0 aromatic carbocycles. The summed E-state index contributed by atoms with van der Waals surface area (Å²) in [6.07, 6.45) is 1.68. The number of fused-ring (bicyclic) bond motifs is 1. The molecule has 13 heavy (non-hydrogen) atoms. The van der Waals surface area contributed by atoms with Gasteiger partial charge in [-0.3, -0.25) is 9.59 Å². The normalized spacial score (nSPS) is 51.1. The van der Waals surface area contributed by atoms with Crippen LogP contribution >= 0.6 is 0 Å². The maximum absolute atomic E-state index is 11.3. The van der Waals surface area contributed by atoms with Crippen molar-refractivity contribution in [3.05, 3.63) is 0 Å². The number of rotatable bonds is 1. The Morgan fingerprint density at radius 1 is 1.46 bits per heavy atom. The lowest BCUT2D eigenvalue weighted by molar-refractivity contribution is -0.151. The Morgan fingerprint density at radius 2 is 2.23 bits per heavy atom. The van der Waals surface area contributed by atoms with Gasteiger partial charge in [-0.05, 0) is 18.8 Å². The van der Waals surface area contributed by atoms with Crippen molar-refractivity contribution in [2.24, 2.45) is 23.7 Å². The van der Waals surface area contributed by atoms with Gasteiger partial charge in [-0.25, -0.2) is 0 Å². The fourth-order valence-corrected chi connectivity index (χ4v) is 3.34. The fourth-order valence-electron chi connectivity index (χ4n) is 3.34. The zero-order chi connectivity index (χ0) is 9.16. The number of carbonyl (C=O) groups excluding carboxylic acids is 1. The molecule has 0 amide bonds. The summed E-state index contributed by atoms with van der Waals surface area (Å²) in [6, 6.07) is 0. The molecule has 0 radical (unpaired) electrons. The second kappa shape index (κ2) is 2.05. The van der Waals surface area contributed by atoms with Crippen molar-refractivity contribution in [2.45, 2.75) is 18.9 Å². The van der Waals surface area contributed by atoms with Gasteiger partial charge in [0.25, 0.3) is 0 Å². The summed E-state index contributed by atoms with van der Waals surface area (Å²) in [5.74, 6) is -1.50. The van der Waals surface area contributed by atoms with Crippen LogP contribution in [0.2, 0.25) is 0 Å². The predicted octanol–water partition coefficient (Wildman–Crippen LogP) is 0.269. The van der Waals surface area contributed by atoms with Gasteiger partial charge in [-0.15, -0.1) is 0 Å². The van der Waals surface area contributed by atoms with Crippen LogP contribution in [0.1, 0.15) is 12.8 Å². The molecule has 4 nitrogen and oxygen atoms in total. The van der Waals surface area contributed by atoms with Crippen molar-refractivity contribution < 1.29 is 19.4 Å². The van der Waals surface area contributed by atoms with E-state index in [0.717, 1.165) is 12.8 Å². The molecule has 70 valence electrons. The Kier molecular flexibility index (Phi) is 1.16. The second-order valence-corrected chi connectivity index (χ2v) is 4.26. The number of aliphatic carboxylic acids is 1. The van der Waals surface area contributed by atoms with Crippen LogP contribution in [0, 0.1) is 23.7 Å². The first-order chi connectivity index (χ1) is 6.18. The van der Waals surface area contributed by atoms with Gasteiger partial charge in [-0.1, -0.05) is 0 Å². The monoisotopic (exact) mass is 182 g/mol. The quantitative estimate of drug-likeness (QED) is 0.591. The van der Waals surface area contributed by atoms with E-state index in [4.69, 9.17) is 9.84 Å². The summed E-state index contributed by atoms with van der Waals surface area (Å²) in [5.41, 5.74) is 0. The van der Waals surface area contributed by atoms with Gasteiger partial charge in [0.15, 0.2) is 0 Å². The number of hydrogen-bond donors (Lipinski definition) is 1. The lowest BCUT2D eigenvalue weighted by atomic mass is 9.80. The first-order valence-electron chi connectivity index (χ1n) is 4.62. The highest BCUT2D eigenvalue weighted by Gasteiger charge is 2.64. The highest BCUT2D eigenvalue weighted by Crippen LogP contribution is 2.57. The van der Waals surface area contributed by atoms with E-state index in [2.05, 4.69) is 0 Å². The van der Waals surface area contributed by atoms with Crippen LogP contribution in [0.15, 0.2) is 0 Å².